The van der Waals surface area contributed by atoms with Gasteiger partial charge in [0, 0.05) is 0 Å². The third-order valence-electron chi connectivity index (χ3n) is 2.23. The van der Waals surface area contributed by atoms with Crippen molar-refractivity contribution >= 4 is 11.0 Å². The van der Waals surface area contributed by atoms with Gasteiger partial charge in [-0.2, -0.15) is 0 Å². The molecule has 2 aromatic rings. The van der Waals surface area contributed by atoms with E-state index in [1.165, 1.54) is 0 Å². The number of allylic oxidation sites excluding steroid dienone is 1. The molecule has 0 amide bonds. The summed E-state index contributed by atoms with van der Waals surface area (Å²) in [5, 5.41) is 0. The number of para-hydroxylation sites is 2. The van der Waals surface area contributed by atoms with Gasteiger partial charge in [0.15, 0.2) is 0 Å². The van der Waals surface area contributed by atoms with Crippen molar-refractivity contribution in [1.82, 2.24) is 9.97 Å². The molecule has 0 unspecified atom stereocenters. The van der Waals surface area contributed by atoms with Gasteiger partial charge >= 0.3 is 0 Å². The van der Waals surface area contributed by atoms with Gasteiger partial charge in [0.25, 0.3) is 0 Å². The summed E-state index contributed by atoms with van der Waals surface area (Å²) in [6.45, 7) is 4.31. The van der Waals surface area contributed by atoms with Crippen molar-refractivity contribution in [2.24, 2.45) is 0 Å². The molecule has 0 bridgehead atoms. The van der Waals surface area contributed by atoms with E-state index in [-0.39, 0.29) is 0 Å². The van der Waals surface area contributed by atoms with Crippen LogP contribution in [0.3, 0.4) is 0 Å². The molecule has 0 aliphatic heterocycles. The number of aromatic nitrogens is 2. The van der Waals surface area contributed by atoms with E-state index >= 15 is 0 Å². The van der Waals surface area contributed by atoms with E-state index in [9.17, 15) is 0 Å². The smallest absolute Gasteiger partial charge is 0.232 e. The number of unbranched alkanes of at least 4 members (excludes halogenated alkanes) is 1. The summed E-state index contributed by atoms with van der Waals surface area (Å²) in [5.41, 5.74) is 1.75. The Morgan fingerprint density at radius 1 is 1.25 bits per heavy atom. The predicted octanol–water partition coefficient (Wildman–Crippen LogP) is 2.97. The van der Waals surface area contributed by atoms with Crippen LogP contribution in [0.4, 0.5) is 0 Å². The second-order valence-corrected chi connectivity index (χ2v) is 3.48. The molecule has 0 saturated carbocycles. The molecule has 0 N–H and O–H groups in total. The molecule has 0 spiro atoms. The second-order valence-electron chi connectivity index (χ2n) is 3.48. The van der Waals surface area contributed by atoms with Crippen molar-refractivity contribution in [2.75, 3.05) is 6.61 Å². The molecule has 0 fully saturated rings. The van der Waals surface area contributed by atoms with Gasteiger partial charge < -0.3 is 4.74 Å². The zero-order valence-corrected chi connectivity index (χ0v) is 9.10. The molecular weight excluding hydrogens is 200 g/mol. The van der Waals surface area contributed by atoms with Crippen molar-refractivity contribution in [2.45, 2.75) is 12.8 Å². The van der Waals surface area contributed by atoms with Crippen molar-refractivity contribution < 1.29 is 4.74 Å². The van der Waals surface area contributed by atoms with Crippen LogP contribution in [-0.4, -0.2) is 16.6 Å². The van der Waals surface area contributed by atoms with Gasteiger partial charge in [-0.3, -0.25) is 0 Å². The molecule has 1 aromatic heterocycles. The van der Waals surface area contributed by atoms with E-state index in [1.54, 1.807) is 6.20 Å². The Kier molecular flexibility index (Phi) is 3.49. The van der Waals surface area contributed by atoms with Crippen LogP contribution >= 0.6 is 0 Å². The molecule has 82 valence electrons. The first-order valence-corrected chi connectivity index (χ1v) is 5.35. The molecular formula is C13H14N2O. The molecule has 0 aliphatic carbocycles. The van der Waals surface area contributed by atoms with Crippen LogP contribution in [0.5, 0.6) is 5.88 Å². The lowest BCUT2D eigenvalue weighted by Crippen LogP contribution is -1.99. The third kappa shape index (κ3) is 2.57. The van der Waals surface area contributed by atoms with E-state index in [2.05, 4.69) is 16.5 Å². The molecule has 0 atom stereocenters. The first-order valence-electron chi connectivity index (χ1n) is 5.35. The van der Waals surface area contributed by atoms with Gasteiger partial charge in [0.05, 0.1) is 23.8 Å². The molecule has 0 radical (unpaired) electrons. The van der Waals surface area contributed by atoms with Crippen LogP contribution in [0, 0.1) is 0 Å². The van der Waals surface area contributed by atoms with Crippen LogP contribution in [0.2, 0.25) is 0 Å². The highest BCUT2D eigenvalue weighted by molar-refractivity contribution is 5.73. The van der Waals surface area contributed by atoms with E-state index < -0.39 is 0 Å². The molecule has 2 rings (SSSR count). The Bertz CT molecular complexity index is 482. The normalized spacial score (nSPS) is 10.2. The quantitative estimate of drug-likeness (QED) is 0.567. The molecule has 0 aliphatic rings. The van der Waals surface area contributed by atoms with E-state index in [1.807, 2.05) is 30.3 Å². The number of benzene rings is 1. The minimum absolute atomic E-state index is 0.586. The fourth-order valence-corrected chi connectivity index (χ4v) is 1.41. The highest BCUT2D eigenvalue weighted by Crippen LogP contribution is 2.13. The number of nitrogens with zero attached hydrogens (tertiary/aromatic N) is 2. The predicted molar refractivity (Wildman–Crippen MR) is 64.5 cm³/mol. The lowest BCUT2D eigenvalue weighted by atomic mass is 10.3. The van der Waals surface area contributed by atoms with Gasteiger partial charge in [-0.25, -0.2) is 9.97 Å². The maximum absolute atomic E-state index is 5.49. The molecule has 16 heavy (non-hydrogen) atoms. The average molecular weight is 214 g/mol. The molecule has 1 heterocycles. The van der Waals surface area contributed by atoms with Crippen molar-refractivity contribution in [1.29, 1.82) is 0 Å². The summed E-state index contributed by atoms with van der Waals surface area (Å²) in [4.78, 5) is 8.63. The largest absolute Gasteiger partial charge is 0.477 e. The zero-order chi connectivity index (χ0) is 11.2. The molecule has 1 aromatic carbocycles. The highest BCUT2D eigenvalue weighted by atomic mass is 16.5. The lowest BCUT2D eigenvalue weighted by molar-refractivity contribution is 0.300. The van der Waals surface area contributed by atoms with Crippen LogP contribution in [0.1, 0.15) is 12.8 Å². The minimum atomic E-state index is 0.586. The zero-order valence-electron chi connectivity index (χ0n) is 9.10. The maximum Gasteiger partial charge on any atom is 0.232 e. The highest BCUT2D eigenvalue weighted by Gasteiger charge is 1.99. The maximum atomic E-state index is 5.49. The fraction of sp³-hybridized carbons (Fsp3) is 0.231. The minimum Gasteiger partial charge on any atom is -0.477 e. The van der Waals surface area contributed by atoms with E-state index in [0.717, 1.165) is 23.9 Å². The van der Waals surface area contributed by atoms with Crippen LogP contribution in [0.25, 0.3) is 11.0 Å². The van der Waals surface area contributed by atoms with Crippen LogP contribution < -0.4 is 4.74 Å². The van der Waals surface area contributed by atoms with Gasteiger partial charge in [-0.1, -0.05) is 18.2 Å². The third-order valence-corrected chi connectivity index (χ3v) is 2.23. The average Bonchev–Trinajstić information content (AvgIpc) is 2.34. The Morgan fingerprint density at radius 3 is 2.88 bits per heavy atom. The van der Waals surface area contributed by atoms with Gasteiger partial charge in [0.2, 0.25) is 5.88 Å². The summed E-state index contributed by atoms with van der Waals surface area (Å²) >= 11 is 0. The standard InChI is InChI=1S/C13H14N2O/c1-2-3-6-9-16-13-10-14-11-7-4-5-8-12(11)15-13/h2,4-5,7-8,10H,1,3,6,9H2. The van der Waals surface area contributed by atoms with Gasteiger partial charge in [-0.05, 0) is 25.0 Å². The van der Waals surface area contributed by atoms with E-state index in [4.69, 9.17) is 4.74 Å². The first kappa shape index (κ1) is 10.6. The van der Waals surface area contributed by atoms with E-state index in [0.29, 0.717) is 12.5 Å². The fourth-order valence-electron chi connectivity index (χ4n) is 1.41. The first-order chi connectivity index (χ1) is 7.90. The number of hydrogen-bond donors (Lipinski definition) is 0. The summed E-state index contributed by atoms with van der Waals surface area (Å²) in [6, 6.07) is 7.75. The molecule has 3 heteroatoms. The topological polar surface area (TPSA) is 35.0 Å². The van der Waals surface area contributed by atoms with Gasteiger partial charge in [0.1, 0.15) is 0 Å². The molecule has 3 nitrogen and oxygen atoms in total. The number of rotatable bonds is 5. The Balaban J connectivity index is 2.05. The Hall–Kier alpha value is -1.90. The Morgan fingerprint density at radius 2 is 2.06 bits per heavy atom. The Labute approximate surface area is 94.8 Å². The van der Waals surface area contributed by atoms with Crippen molar-refractivity contribution in [3.05, 3.63) is 43.1 Å². The van der Waals surface area contributed by atoms with Gasteiger partial charge in [-0.15, -0.1) is 6.58 Å². The van der Waals surface area contributed by atoms with Crippen LogP contribution in [0.15, 0.2) is 43.1 Å². The lowest BCUT2D eigenvalue weighted by Gasteiger charge is -2.04. The molecule has 0 saturated heterocycles. The SMILES string of the molecule is C=CCCCOc1cnc2ccccc2n1. The monoisotopic (exact) mass is 214 g/mol. The van der Waals surface area contributed by atoms with Crippen molar-refractivity contribution in [3.8, 4) is 5.88 Å². The summed E-state index contributed by atoms with van der Waals surface area (Å²) < 4.78 is 5.49. The second kappa shape index (κ2) is 5.26. The van der Waals surface area contributed by atoms with Crippen molar-refractivity contribution in [3.63, 3.8) is 0 Å². The van der Waals surface area contributed by atoms with Crippen LogP contribution in [-0.2, 0) is 0 Å². The number of hydrogen-bond acceptors (Lipinski definition) is 3. The number of fused-ring (bicyclic) bond motifs is 1. The summed E-state index contributed by atoms with van der Waals surface area (Å²) in [7, 11) is 0. The summed E-state index contributed by atoms with van der Waals surface area (Å²) in [5.74, 6) is 0.586. The summed E-state index contributed by atoms with van der Waals surface area (Å²) in [6.07, 6.45) is 5.46. The number of ether oxygens (including phenoxy) is 1.